The number of thioether (sulfide) groups is 1. The molecule has 0 bridgehead atoms. The molecule has 1 heterocycles. The second-order valence-electron chi connectivity index (χ2n) is 4.07. The molecule has 5 heteroatoms. The van der Waals surface area contributed by atoms with Crippen molar-refractivity contribution in [1.82, 2.24) is 15.2 Å². The van der Waals surface area contributed by atoms with Crippen molar-refractivity contribution in [2.75, 3.05) is 0 Å². The Morgan fingerprint density at radius 3 is 2.59 bits per heavy atom. The molecule has 0 aliphatic rings. The van der Waals surface area contributed by atoms with Crippen LogP contribution in [0, 0.1) is 0 Å². The molecule has 0 spiro atoms. The average molecular weight is 312 g/mol. The van der Waals surface area contributed by atoms with Gasteiger partial charge in [-0.05, 0) is 17.7 Å². The van der Waals surface area contributed by atoms with E-state index < -0.39 is 0 Å². The summed E-state index contributed by atoms with van der Waals surface area (Å²) < 4.78 is 1.10. The number of halogens is 1. The van der Waals surface area contributed by atoms with Crippen LogP contribution < -0.4 is 0 Å². The van der Waals surface area contributed by atoms with Gasteiger partial charge in [-0.2, -0.15) is 0 Å². The normalized spacial score (nSPS) is 11.1. The Kier molecular flexibility index (Phi) is 4.23. The Morgan fingerprint density at radius 2 is 2.00 bits per heavy atom. The molecule has 0 saturated heterocycles. The maximum Gasteiger partial charge on any atom is 0.208 e. The molecule has 17 heavy (non-hydrogen) atoms. The minimum Gasteiger partial charge on any atom is -0.262 e. The zero-order valence-corrected chi connectivity index (χ0v) is 12.2. The number of nitrogens with zero attached hydrogens (tertiary/aromatic N) is 2. The van der Waals surface area contributed by atoms with Gasteiger partial charge in [-0.1, -0.05) is 53.7 Å². The SMILES string of the molecule is CC(C)c1nc(SCc2ccc(Br)cc2)n[nH]1. The molecule has 3 nitrogen and oxygen atoms in total. The first-order chi connectivity index (χ1) is 8.15. The molecule has 0 aliphatic heterocycles. The lowest BCUT2D eigenvalue weighted by Gasteiger charge is -1.98. The lowest BCUT2D eigenvalue weighted by atomic mass is 10.2. The van der Waals surface area contributed by atoms with Crippen molar-refractivity contribution in [2.24, 2.45) is 0 Å². The Bertz CT molecular complexity index is 479. The lowest BCUT2D eigenvalue weighted by molar-refractivity contribution is 0.780. The first-order valence-electron chi connectivity index (χ1n) is 5.44. The number of aromatic nitrogens is 3. The van der Waals surface area contributed by atoms with Gasteiger partial charge in [0.1, 0.15) is 5.82 Å². The fourth-order valence-corrected chi connectivity index (χ4v) is 2.34. The smallest absolute Gasteiger partial charge is 0.208 e. The van der Waals surface area contributed by atoms with E-state index in [9.17, 15) is 0 Å². The Morgan fingerprint density at radius 1 is 1.29 bits per heavy atom. The van der Waals surface area contributed by atoms with Gasteiger partial charge >= 0.3 is 0 Å². The number of hydrogen-bond acceptors (Lipinski definition) is 3. The molecule has 0 radical (unpaired) electrons. The minimum atomic E-state index is 0.393. The topological polar surface area (TPSA) is 41.6 Å². The van der Waals surface area contributed by atoms with Crippen molar-refractivity contribution in [1.29, 1.82) is 0 Å². The van der Waals surface area contributed by atoms with Crippen LogP contribution in [0.15, 0.2) is 33.9 Å². The van der Waals surface area contributed by atoms with Gasteiger partial charge in [0.05, 0.1) is 0 Å². The van der Waals surface area contributed by atoms with Crippen LogP contribution >= 0.6 is 27.7 Å². The molecule has 2 rings (SSSR count). The van der Waals surface area contributed by atoms with Gasteiger partial charge in [0.2, 0.25) is 5.16 Å². The maximum absolute atomic E-state index is 4.43. The van der Waals surface area contributed by atoms with Crippen molar-refractivity contribution in [3.8, 4) is 0 Å². The fourth-order valence-electron chi connectivity index (χ4n) is 1.31. The Balaban J connectivity index is 1.95. The van der Waals surface area contributed by atoms with Crippen LogP contribution in [0.2, 0.25) is 0 Å². The third-order valence-corrected chi connectivity index (χ3v) is 3.76. The molecule has 1 aromatic carbocycles. The van der Waals surface area contributed by atoms with Crippen molar-refractivity contribution in [2.45, 2.75) is 30.7 Å². The second-order valence-corrected chi connectivity index (χ2v) is 5.93. The lowest BCUT2D eigenvalue weighted by Crippen LogP contribution is -1.89. The highest BCUT2D eigenvalue weighted by Crippen LogP contribution is 2.21. The quantitative estimate of drug-likeness (QED) is 0.868. The van der Waals surface area contributed by atoms with Gasteiger partial charge in [0, 0.05) is 16.1 Å². The van der Waals surface area contributed by atoms with E-state index in [4.69, 9.17) is 0 Å². The summed E-state index contributed by atoms with van der Waals surface area (Å²) in [7, 11) is 0. The van der Waals surface area contributed by atoms with Gasteiger partial charge < -0.3 is 0 Å². The molecule has 1 N–H and O–H groups in total. The van der Waals surface area contributed by atoms with E-state index in [1.807, 2.05) is 12.1 Å². The Labute approximate surface area is 114 Å². The Hall–Kier alpha value is -0.810. The molecule has 0 amide bonds. The summed E-state index contributed by atoms with van der Waals surface area (Å²) in [6.45, 7) is 4.20. The molecular formula is C12H14BrN3S. The zero-order chi connectivity index (χ0) is 12.3. The molecule has 0 atom stereocenters. The number of aromatic amines is 1. The van der Waals surface area contributed by atoms with E-state index in [-0.39, 0.29) is 0 Å². The largest absolute Gasteiger partial charge is 0.262 e. The molecule has 0 saturated carbocycles. The maximum atomic E-state index is 4.43. The van der Waals surface area contributed by atoms with Gasteiger partial charge in [-0.3, -0.25) is 5.10 Å². The summed E-state index contributed by atoms with van der Waals surface area (Å²) in [6, 6.07) is 8.31. The molecule has 90 valence electrons. The predicted octanol–water partition coefficient (Wildman–Crippen LogP) is 3.98. The van der Waals surface area contributed by atoms with Crippen LogP contribution in [0.3, 0.4) is 0 Å². The molecular weight excluding hydrogens is 298 g/mol. The van der Waals surface area contributed by atoms with Crippen molar-refractivity contribution in [3.05, 3.63) is 40.1 Å². The van der Waals surface area contributed by atoms with Crippen molar-refractivity contribution < 1.29 is 0 Å². The third kappa shape index (κ3) is 3.57. The summed E-state index contributed by atoms with van der Waals surface area (Å²) in [4.78, 5) is 4.43. The summed E-state index contributed by atoms with van der Waals surface area (Å²) in [5.41, 5.74) is 1.27. The monoisotopic (exact) mass is 311 g/mol. The van der Waals surface area contributed by atoms with Gasteiger partial charge in [-0.15, -0.1) is 5.10 Å². The number of benzene rings is 1. The van der Waals surface area contributed by atoms with Crippen LogP contribution in [0.1, 0.15) is 31.2 Å². The summed E-state index contributed by atoms with van der Waals surface area (Å²) in [5, 5.41) is 7.97. The summed E-state index contributed by atoms with van der Waals surface area (Å²) in [6.07, 6.45) is 0. The van der Waals surface area contributed by atoms with E-state index in [2.05, 4.69) is 57.1 Å². The molecule has 0 unspecified atom stereocenters. The summed E-state index contributed by atoms with van der Waals surface area (Å²) in [5.74, 6) is 2.23. The van der Waals surface area contributed by atoms with Crippen LogP contribution in [-0.4, -0.2) is 15.2 Å². The van der Waals surface area contributed by atoms with E-state index >= 15 is 0 Å². The first-order valence-corrected chi connectivity index (χ1v) is 7.22. The van der Waals surface area contributed by atoms with Crippen LogP contribution in [0.4, 0.5) is 0 Å². The number of H-pyrrole nitrogens is 1. The average Bonchev–Trinajstić information content (AvgIpc) is 2.77. The van der Waals surface area contributed by atoms with E-state index in [1.165, 1.54) is 5.56 Å². The highest BCUT2D eigenvalue weighted by atomic mass is 79.9. The van der Waals surface area contributed by atoms with Crippen molar-refractivity contribution >= 4 is 27.7 Å². The molecule has 0 aliphatic carbocycles. The van der Waals surface area contributed by atoms with Crippen molar-refractivity contribution in [3.63, 3.8) is 0 Å². The van der Waals surface area contributed by atoms with Crippen LogP contribution in [0.25, 0.3) is 0 Å². The second kappa shape index (κ2) is 5.69. The van der Waals surface area contributed by atoms with E-state index in [1.54, 1.807) is 11.8 Å². The molecule has 1 aromatic heterocycles. The minimum absolute atomic E-state index is 0.393. The fraction of sp³-hybridized carbons (Fsp3) is 0.333. The van der Waals surface area contributed by atoms with E-state index in [0.29, 0.717) is 5.92 Å². The molecule has 0 fully saturated rings. The van der Waals surface area contributed by atoms with Gasteiger partial charge in [0.15, 0.2) is 0 Å². The number of nitrogens with one attached hydrogen (secondary N) is 1. The van der Waals surface area contributed by atoms with Gasteiger partial charge in [-0.25, -0.2) is 4.98 Å². The number of rotatable bonds is 4. The number of hydrogen-bond donors (Lipinski definition) is 1. The zero-order valence-electron chi connectivity index (χ0n) is 9.77. The standard InChI is InChI=1S/C12H14BrN3S/c1-8(2)11-14-12(16-15-11)17-7-9-3-5-10(13)6-4-9/h3-6,8H,7H2,1-2H3,(H,14,15,16). The van der Waals surface area contributed by atoms with Crippen LogP contribution in [0.5, 0.6) is 0 Å². The predicted molar refractivity (Wildman–Crippen MR) is 74.2 cm³/mol. The van der Waals surface area contributed by atoms with E-state index in [0.717, 1.165) is 21.2 Å². The third-order valence-electron chi connectivity index (χ3n) is 2.31. The highest BCUT2D eigenvalue weighted by Gasteiger charge is 2.07. The first kappa shape index (κ1) is 12.6. The summed E-state index contributed by atoms with van der Waals surface area (Å²) >= 11 is 5.07. The molecule has 2 aromatic rings. The highest BCUT2D eigenvalue weighted by molar-refractivity contribution is 9.10. The van der Waals surface area contributed by atoms with Gasteiger partial charge in [0.25, 0.3) is 0 Å². The van der Waals surface area contributed by atoms with Crippen LogP contribution in [-0.2, 0) is 5.75 Å².